The third kappa shape index (κ3) is 5.82. The summed E-state index contributed by atoms with van der Waals surface area (Å²) >= 11 is 0. The van der Waals surface area contributed by atoms with E-state index >= 15 is 0 Å². The van der Waals surface area contributed by atoms with Crippen molar-refractivity contribution in [3.63, 3.8) is 0 Å². The number of alkyl halides is 6. The zero-order chi connectivity index (χ0) is 25.5. The van der Waals surface area contributed by atoms with Crippen LogP contribution in [0.5, 0.6) is 0 Å². The van der Waals surface area contributed by atoms with Gasteiger partial charge in [0.2, 0.25) is 0 Å². The molecule has 0 saturated heterocycles. The van der Waals surface area contributed by atoms with Crippen LogP contribution in [0, 0.1) is 34.5 Å². The van der Waals surface area contributed by atoms with E-state index in [0.29, 0.717) is 32.1 Å². The highest BCUT2D eigenvalue weighted by molar-refractivity contribution is 5.22. The van der Waals surface area contributed by atoms with Crippen molar-refractivity contribution in [1.29, 1.82) is 0 Å². The highest BCUT2D eigenvalue weighted by atomic mass is 19.4. The lowest BCUT2D eigenvalue weighted by Crippen LogP contribution is -2.55. The van der Waals surface area contributed by atoms with E-state index in [4.69, 9.17) is 0 Å². The second-order valence-electron chi connectivity index (χ2n) is 11.2. The van der Waals surface area contributed by atoms with Crippen LogP contribution in [-0.2, 0) is 0 Å². The standard InChI is InChI=1S/C24H36F6O3/c1-19(2,32)11-6-12-20(3,13-7-15-22(33,23(25,26)27)24(28,29)30)18-10-9-16-17(31)8-5-14-21(16,18)4/h16-18,31-33H,5-6,8-14H2,1-4H3/t16?,17-,18?,20?,21-/m0/s1. The minimum absolute atomic E-state index is 0.0279. The smallest absolute Gasteiger partial charge is 0.393 e. The summed E-state index contributed by atoms with van der Waals surface area (Å²) in [5.74, 6) is 3.14. The Kier molecular flexibility index (Phi) is 7.91. The van der Waals surface area contributed by atoms with Crippen molar-refractivity contribution in [1.82, 2.24) is 0 Å². The number of hydrogen-bond acceptors (Lipinski definition) is 3. The molecule has 5 atom stereocenters. The van der Waals surface area contributed by atoms with E-state index in [0.717, 1.165) is 25.2 Å². The van der Waals surface area contributed by atoms with E-state index in [1.807, 2.05) is 6.92 Å². The predicted octanol–water partition coefficient (Wildman–Crippen LogP) is 5.76. The SMILES string of the molecule is CC(C)(O)CCCC(C)(CC#CC(O)(C(F)(F)F)C(F)(F)F)C1CCC2[C@@H](O)CCC[C@@]21C. The molecule has 0 aromatic carbocycles. The fraction of sp³-hybridized carbons (Fsp3) is 0.917. The topological polar surface area (TPSA) is 60.7 Å². The molecule has 2 rings (SSSR count). The molecule has 2 aliphatic carbocycles. The van der Waals surface area contributed by atoms with Crippen LogP contribution in [0.3, 0.4) is 0 Å². The minimum Gasteiger partial charge on any atom is -0.393 e. The van der Waals surface area contributed by atoms with Crippen LogP contribution >= 0.6 is 0 Å². The number of fused-ring (bicyclic) bond motifs is 1. The molecule has 33 heavy (non-hydrogen) atoms. The molecule has 0 bridgehead atoms. The first-order chi connectivity index (χ1) is 14.8. The Labute approximate surface area is 191 Å². The van der Waals surface area contributed by atoms with E-state index in [1.54, 1.807) is 13.8 Å². The zero-order valence-corrected chi connectivity index (χ0v) is 19.7. The first-order valence-corrected chi connectivity index (χ1v) is 11.5. The van der Waals surface area contributed by atoms with Crippen LogP contribution in [0.15, 0.2) is 0 Å². The highest BCUT2D eigenvalue weighted by Crippen LogP contribution is 2.62. The second kappa shape index (κ2) is 9.23. The molecule has 0 aromatic rings. The quantitative estimate of drug-likeness (QED) is 0.331. The summed E-state index contributed by atoms with van der Waals surface area (Å²) in [4.78, 5) is 0. The summed E-state index contributed by atoms with van der Waals surface area (Å²) in [5, 5.41) is 30.0. The number of halogens is 6. The molecule has 3 N–H and O–H groups in total. The molecule has 0 aliphatic heterocycles. The maximum atomic E-state index is 13.1. The molecule has 0 aromatic heterocycles. The van der Waals surface area contributed by atoms with Gasteiger partial charge in [0.1, 0.15) is 0 Å². The van der Waals surface area contributed by atoms with Crippen molar-refractivity contribution >= 4 is 0 Å². The lowest BCUT2D eigenvalue weighted by atomic mass is 9.56. The number of aliphatic hydroxyl groups is 3. The summed E-state index contributed by atoms with van der Waals surface area (Å²) in [6, 6.07) is 0. The fourth-order valence-corrected chi connectivity index (χ4v) is 6.28. The van der Waals surface area contributed by atoms with Crippen LogP contribution in [0.2, 0.25) is 0 Å². The normalized spacial score (nSPS) is 30.9. The molecule has 0 amide bonds. The van der Waals surface area contributed by atoms with Gasteiger partial charge in [0.15, 0.2) is 0 Å². The van der Waals surface area contributed by atoms with E-state index in [-0.39, 0.29) is 23.7 Å². The maximum absolute atomic E-state index is 13.1. The molecule has 3 unspecified atom stereocenters. The van der Waals surface area contributed by atoms with Gasteiger partial charge in [0.25, 0.3) is 0 Å². The average Bonchev–Trinajstić information content (AvgIpc) is 2.97. The molecule has 2 fully saturated rings. The Morgan fingerprint density at radius 1 is 0.909 bits per heavy atom. The summed E-state index contributed by atoms with van der Waals surface area (Å²) in [6.07, 6.45) is -7.55. The molecular formula is C24H36F6O3. The van der Waals surface area contributed by atoms with Crippen LogP contribution in [0.25, 0.3) is 0 Å². The summed E-state index contributed by atoms with van der Waals surface area (Å²) in [6.45, 7) is 7.16. The van der Waals surface area contributed by atoms with E-state index in [2.05, 4.69) is 12.8 Å². The molecule has 192 valence electrons. The van der Waals surface area contributed by atoms with Gasteiger partial charge in [-0.2, -0.15) is 26.3 Å². The van der Waals surface area contributed by atoms with Crippen LogP contribution in [0.1, 0.15) is 85.5 Å². The van der Waals surface area contributed by atoms with Gasteiger partial charge in [-0.1, -0.05) is 32.6 Å². The Morgan fingerprint density at radius 2 is 1.48 bits per heavy atom. The van der Waals surface area contributed by atoms with Gasteiger partial charge in [-0.3, -0.25) is 0 Å². The summed E-state index contributed by atoms with van der Waals surface area (Å²) < 4.78 is 78.3. The molecule has 2 saturated carbocycles. The number of hydrogen-bond donors (Lipinski definition) is 3. The van der Waals surface area contributed by atoms with Gasteiger partial charge in [0, 0.05) is 6.42 Å². The summed E-state index contributed by atoms with van der Waals surface area (Å²) in [7, 11) is 0. The van der Waals surface area contributed by atoms with E-state index in [9.17, 15) is 41.7 Å². The molecule has 9 heteroatoms. The molecule has 0 heterocycles. The summed E-state index contributed by atoms with van der Waals surface area (Å²) in [5.41, 5.74) is -7.08. The van der Waals surface area contributed by atoms with Crippen molar-refractivity contribution in [3.8, 4) is 11.8 Å². The second-order valence-corrected chi connectivity index (χ2v) is 11.2. The first kappa shape index (κ1) is 28.3. The average molecular weight is 487 g/mol. The fourth-order valence-electron chi connectivity index (χ4n) is 6.28. The third-order valence-electron chi connectivity index (χ3n) is 8.05. The van der Waals surface area contributed by atoms with E-state index in [1.165, 1.54) is 0 Å². The van der Waals surface area contributed by atoms with Gasteiger partial charge in [0.05, 0.1) is 11.7 Å². The molecule has 0 radical (unpaired) electrons. The largest absolute Gasteiger partial charge is 0.438 e. The maximum Gasteiger partial charge on any atom is 0.438 e. The van der Waals surface area contributed by atoms with Gasteiger partial charge in [-0.15, -0.1) is 0 Å². The Morgan fingerprint density at radius 3 is 2.00 bits per heavy atom. The molecule has 2 aliphatic rings. The van der Waals surface area contributed by atoms with Crippen molar-refractivity contribution in [2.24, 2.45) is 22.7 Å². The third-order valence-corrected chi connectivity index (χ3v) is 8.05. The molecule has 3 nitrogen and oxygen atoms in total. The number of rotatable bonds is 6. The van der Waals surface area contributed by atoms with Gasteiger partial charge in [-0.25, -0.2) is 0 Å². The highest BCUT2D eigenvalue weighted by Gasteiger charge is 2.70. The van der Waals surface area contributed by atoms with Crippen LogP contribution in [-0.4, -0.2) is 45.0 Å². The van der Waals surface area contributed by atoms with Gasteiger partial charge >= 0.3 is 18.0 Å². The first-order valence-electron chi connectivity index (χ1n) is 11.5. The Bertz CT molecular complexity index is 731. The Balaban J connectivity index is 2.39. The predicted molar refractivity (Wildman–Crippen MR) is 112 cm³/mol. The van der Waals surface area contributed by atoms with Crippen molar-refractivity contribution in [2.45, 2.75) is 115 Å². The Hall–Kier alpha value is -0.980. The van der Waals surface area contributed by atoms with Crippen LogP contribution in [0.4, 0.5) is 26.3 Å². The molecular weight excluding hydrogens is 450 g/mol. The van der Waals surface area contributed by atoms with Crippen molar-refractivity contribution in [3.05, 3.63) is 0 Å². The lowest BCUT2D eigenvalue weighted by molar-refractivity contribution is -0.343. The van der Waals surface area contributed by atoms with E-state index < -0.39 is 35.1 Å². The van der Waals surface area contributed by atoms with Gasteiger partial charge in [-0.05, 0) is 81.0 Å². The molecule has 0 spiro atoms. The van der Waals surface area contributed by atoms with Crippen molar-refractivity contribution in [2.75, 3.05) is 0 Å². The zero-order valence-electron chi connectivity index (χ0n) is 19.7. The monoisotopic (exact) mass is 486 g/mol. The minimum atomic E-state index is -5.98. The van der Waals surface area contributed by atoms with Crippen molar-refractivity contribution < 1.29 is 41.7 Å². The lowest BCUT2D eigenvalue weighted by Gasteiger charge is -2.49. The van der Waals surface area contributed by atoms with Gasteiger partial charge < -0.3 is 15.3 Å². The van der Waals surface area contributed by atoms with Crippen LogP contribution < -0.4 is 0 Å². The number of aliphatic hydroxyl groups excluding tert-OH is 1.